The third kappa shape index (κ3) is 8.24. The number of rotatable bonds is 11. The van der Waals surface area contributed by atoms with Gasteiger partial charge in [-0.05, 0) is 62.8 Å². The molecule has 0 unspecified atom stereocenters. The molecule has 8 nitrogen and oxygen atoms in total. The first kappa shape index (κ1) is 36.2. The van der Waals surface area contributed by atoms with Crippen molar-refractivity contribution >= 4 is 23.6 Å². The van der Waals surface area contributed by atoms with Crippen molar-refractivity contribution in [3.8, 4) is 0 Å². The lowest BCUT2D eigenvalue weighted by Crippen LogP contribution is -2.65. The van der Waals surface area contributed by atoms with Crippen LogP contribution in [0.1, 0.15) is 73.0 Å². The van der Waals surface area contributed by atoms with E-state index in [4.69, 9.17) is 4.84 Å². The van der Waals surface area contributed by atoms with Crippen molar-refractivity contribution in [2.45, 2.75) is 71.6 Å². The summed E-state index contributed by atoms with van der Waals surface area (Å²) in [7, 11) is 0. The fraction of sp³-hybridized carbons (Fsp3) is 0.350. The number of aryl methyl sites for hydroxylation is 1. The molecule has 2 saturated heterocycles. The summed E-state index contributed by atoms with van der Waals surface area (Å²) in [4.78, 5) is 59.9. The van der Waals surface area contributed by atoms with Gasteiger partial charge >= 0.3 is 0 Å². The number of hydrogen-bond acceptors (Lipinski definition) is 6. The van der Waals surface area contributed by atoms with Gasteiger partial charge in [0.25, 0.3) is 17.7 Å². The number of hydroxylamine groups is 2. The van der Waals surface area contributed by atoms with Gasteiger partial charge in [-0.3, -0.25) is 33.8 Å². The highest BCUT2D eigenvalue weighted by atomic mass is 16.7. The van der Waals surface area contributed by atoms with E-state index in [9.17, 15) is 19.2 Å². The summed E-state index contributed by atoms with van der Waals surface area (Å²) < 4.78 is 0. The van der Waals surface area contributed by atoms with E-state index in [0.717, 1.165) is 21.8 Å². The Labute approximate surface area is 284 Å². The lowest BCUT2D eigenvalue weighted by molar-refractivity contribution is -0.213. The zero-order chi connectivity index (χ0) is 34.7. The molecular weight excluding hydrogens is 602 g/mol. The molecule has 8 heteroatoms. The zero-order valence-electron chi connectivity index (χ0n) is 28.4. The maximum absolute atomic E-state index is 13.3. The molecule has 3 aromatic rings. The molecule has 5 rings (SSSR count). The molecule has 0 aliphatic carbocycles. The highest BCUT2D eigenvalue weighted by Crippen LogP contribution is 2.39. The zero-order valence-corrected chi connectivity index (χ0v) is 28.4. The van der Waals surface area contributed by atoms with Crippen molar-refractivity contribution in [1.29, 1.82) is 0 Å². The highest BCUT2D eigenvalue weighted by molar-refractivity contribution is 6.07. The van der Waals surface area contributed by atoms with Crippen LogP contribution >= 0.6 is 0 Å². The third-order valence-corrected chi connectivity index (χ3v) is 9.40. The number of piperidine rings is 1. The minimum atomic E-state index is -0.782. The molecule has 4 amide bonds. The summed E-state index contributed by atoms with van der Waals surface area (Å²) in [5, 5.41) is 0.962. The molecule has 48 heavy (non-hydrogen) atoms. The molecule has 0 saturated carbocycles. The average molecular weight is 650 g/mol. The van der Waals surface area contributed by atoms with E-state index < -0.39 is 11.0 Å². The SMILES string of the molecule is C=CC[C@@]1(C)C(=O)N(C(=O)c2ccc(C)cc2)CCN1Cc1ccccc1.C=CC[C@]1(CC)CCC(=O)N(OCc2ccccc2)C1=O. The summed E-state index contributed by atoms with van der Waals surface area (Å²) in [6.45, 7) is 15.3. The first-order valence-corrected chi connectivity index (χ1v) is 16.6. The molecule has 2 fully saturated rings. The quantitative estimate of drug-likeness (QED) is 0.163. The van der Waals surface area contributed by atoms with E-state index in [1.54, 1.807) is 24.3 Å². The Hall–Kier alpha value is -4.66. The van der Waals surface area contributed by atoms with E-state index in [-0.39, 0.29) is 30.2 Å². The summed E-state index contributed by atoms with van der Waals surface area (Å²) in [6.07, 6.45) is 6.15. The molecule has 2 atom stereocenters. The maximum atomic E-state index is 13.3. The van der Waals surface area contributed by atoms with Crippen molar-refractivity contribution in [3.05, 3.63) is 132 Å². The van der Waals surface area contributed by atoms with E-state index in [0.29, 0.717) is 57.3 Å². The van der Waals surface area contributed by atoms with Crippen molar-refractivity contribution in [1.82, 2.24) is 14.9 Å². The third-order valence-electron chi connectivity index (χ3n) is 9.40. The number of carbonyl (C=O) groups is 4. The number of piperazine rings is 1. The number of carbonyl (C=O) groups excluding carboxylic acids is 4. The number of nitrogens with zero attached hydrogens (tertiary/aromatic N) is 3. The second-order valence-electron chi connectivity index (χ2n) is 12.7. The van der Waals surface area contributed by atoms with Crippen LogP contribution in [-0.4, -0.2) is 57.1 Å². The minimum absolute atomic E-state index is 0.157. The van der Waals surface area contributed by atoms with Gasteiger partial charge in [0, 0.05) is 31.6 Å². The maximum Gasteiger partial charge on any atom is 0.260 e. The van der Waals surface area contributed by atoms with E-state index in [1.807, 2.05) is 81.4 Å². The van der Waals surface area contributed by atoms with Gasteiger partial charge in [-0.1, -0.05) is 97.4 Å². The molecule has 2 aliphatic rings. The van der Waals surface area contributed by atoms with Gasteiger partial charge in [-0.2, -0.15) is 5.06 Å². The van der Waals surface area contributed by atoms with Crippen LogP contribution in [0.4, 0.5) is 0 Å². The van der Waals surface area contributed by atoms with Crippen LogP contribution in [0.2, 0.25) is 0 Å². The largest absolute Gasteiger partial charge is 0.283 e. The molecule has 2 aliphatic heterocycles. The van der Waals surface area contributed by atoms with Gasteiger partial charge < -0.3 is 0 Å². The highest BCUT2D eigenvalue weighted by Gasteiger charge is 2.47. The lowest BCUT2D eigenvalue weighted by atomic mass is 9.74. The second kappa shape index (κ2) is 16.4. The lowest BCUT2D eigenvalue weighted by Gasteiger charge is -2.46. The van der Waals surface area contributed by atoms with E-state index >= 15 is 0 Å². The first-order chi connectivity index (χ1) is 23.1. The molecule has 3 aromatic carbocycles. The van der Waals surface area contributed by atoms with Gasteiger partial charge in [0.2, 0.25) is 5.91 Å². The molecule has 252 valence electrons. The summed E-state index contributed by atoms with van der Waals surface area (Å²) in [6, 6.07) is 27.0. The molecular formula is C40H47N3O5. The van der Waals surface area contributed by atoms with Crippen molar-refractivity contribution < 1.29 is 24.0 Å². The molecule has 0 aromatic heterocycles. The monoisotopic (exact) mass is 649 g/mol. The Balaban J connectivity index is 0.000000224. The van der Waals surface area contributed by atoms with Crippen LogP contribution in [0.3, 0.4) is 0 Å². The molecule has 0 spiro atoms. The Morgan fingerprint density at radius 1 is 0.833 bits per heavy atom. The van der Waals surface area contributed by atoms with Crippen molar-refractivity contribution in [2.24, 2.45) is 5.41 Å². The fourth-order valence-electron chi connectivity index (χ4n) is 6.26. The minimum Gasteiger partial charge on any atom is -0.283 e. The van der Waals surface area contributed by atoms with E-state index in [2.05, 4.69) is 30.2 Å². The number of benzene rings is 3. The van der Waals surface area contributed by atoms with Gasteiger partial charge in [-0.15, -0.1) is 13.2 Å². The van der Waals surface area contributed by atoms with Crippen LogP contribution in [0.5, 0.6) is 0 Å². The van der Waals surface area contributed by atoms with Crippen molar-refractivity contribution in [3.63, 3.8) is 0 Å². The Bertz CT molecular complexity index is 1590. The predicted octanol–water partition coefficient (Wildman–Crippen LogP) is 7.05. The fourth-order valence-corrected chi connectivity index (χ4v) is 6.26. The van der Waals surface area contributed by atoms with Gasteiger partial charge in [0.05, 0.1) is 5.41 Å². The van der Waals surface area contributed by atoms with Crippen LogP contribution < -0.4 is 0 Å². The molecule has 0 bridgehead atoms. The smallest absolute Gasteiger partial charge is 0.260 e. The van der Waals surface area contributed by atoms with E-state index in [1.165, 1.54) is 4.90 Å². The van der Waals surface area contributed by atoms with Crippen LogP contribution in [0.25, 0.3) is 0 Å². The van der Waals surface area contributed by atoms with Gasteiger partial charge in [0.15, 0.2) is 0 Å². The second-order valence-corrected chi connectivity index (χ2v) is 12.7. The number of hydrogen-bond donors (Lipinski definition) is 0. The summed E-state index contributed by atoms with van der Waals surface area (Å²) in [5.41, 5.74) is 2.38. The van der Waals surface area contributed by atoms with Crippen LogP contribution in [0.15, 0.2) is 110 Å². The Morgan fingerprint density at radius 3 is 2.02 bits per heavy atom. The van der Waals surface area contributed by atoms with Crippen LogP contribution in [0, 0.1) is 12.3 Å². The summed E-state index contributed by atoms with van der Waals surface area (Å²) in [5.74, 6) is -0.883. The van der Waals surface area contributed by atoms with Gasteiger partial charge in [0.1, 0.15) is 12.1 Å². The topological polar surface area (TPSA) is 87.2 Å². The van der Waals surface area contributed by atoms with Crippen molar-refractivity contribution in [2.75, 3.05) is 13.1 Å². The Morgan fingerprint density at radius 2 is 1.44 bits per heavy atom. The molecule has 0 N–H and O–H groups in total. The number of imide groups is 2. The number of allylic oxidation sites excluding steroid dienone is 1. The average Bonchev–Trinajstić information content (AvgIpc) is 3.10. The predicted molar refractivity (Wildman–Crippen MR) is 187 cm³/mol. The normalized spacial score (nSPS) is 21.4. The van der Waals surface area contributed by atoms with Gasteiger partial charge in [-0.25, -0.2) is 0 Å². The summed E-state index contributed by atoms with van der Waals surface area (Å²) >= 11 is 0. The number of amides is 4. The molecule has 0 radical (unpaired) electrons. The Kier molecular flexibility index (Phi) is 12.4. The molecule has 2 heterocycles. The van der Waals surface area contributed by atoms with Crippen LogP contribution in [-0.2, 0) is 32.4 Å². The standard InChI is InChI=1S/C23H26N2O2.C17H21NO3/c1-4-14-23(3)22(27)25(21(26)20-12-10-18(2)11-13-20)16-15-24(23)17-19-8-6-5-7-9-19;1-3-11-17(4-2)12-10-15(19)18(16(17)20)21-13-14-8-6-5-7-9-14/h4-13H,1,14-17H2,2-3H3;3,5-9H,1,4,10-13H2,2H3/t23-;17-/m01/s1. The first-order valence-electron chi connectivity index (χ1n) is 16.6.